The molecule has 102 valence electrons. The van der Waals surface area contributed by atoms with Gasteiger partial charge in [0.15, 0.2) is 0 Å². The van der Waals surface area contributed by atoms with Gasteiger partial charge in [0.05, 0.1) is 17.2 Å². The van der Waals surface area contributed by atoms with Gasteiger partial charge >= 0.3 is 6.09 Å². The number of halogens is 1. The molecule has 0 aliphatic heterocycles. The Kier molecular flexibility index (Phi) is 5.15. The molecule has 2 N–H and O–H groups in total. The van der Waals surface area contributed by atoms with E-state index in [1.165, 1.54) is 0 Å². The van der Waals surface area contributed by atoms with Crippen LogP contribution in [0.2, 0.25) is 0 Å². The van der Waals surface area contributed by atoms with Gasteiger partial charge in [0.25, 0.3) is 0 Å². The van der Waals surface area contributed by atoms with Crippen molar-refractivity contribution in [1.29, 1.82) is 0 Å². The first-order valence-electron chi connectivity index (χ1n) is 5.57. The van der Waals surface area contributed by atoms with Gasteiger partial charge in [-0.25, -0.2) is 4.79 Å². The van der Waals surface area contributed by atoms with Crippen LogP contribution in [0, 0.1) is 0 Å². The van der Waals surface area contributed by atoms with Crippen molar-refractivity contribution < 1.29 is 14.6 Å². The average Bonchev–Trinajstić information content (AvgIpc) is 2.58. The van der Waals surface area contributed by atoms with Gasteiger partial charge in [0, 0.05) is 11.7 Å². The van der Waals surface area contributed by atoms with Crippen LogP contribution in [0.3, 0.4) is 0 Å². The van der Waals surface area contributed by atoms with E-state index in [9.17, 15) is 9.90 Å². The molecule has 0 unspecified atom stereocenters. The Labute approximate surface area is 114 Å². The summed E-state index contributed by atoms with van der Waals surface area (Å²) in [6, 6.07) is 0. The van der Waals surface area contributed by atoms with Crippen molar-refractivity contribution >= 4 is 22.0 Å². The molecule has 1 atom stereocenters. The normalized spacial score (nSPS) is 13.2. The first kappa shape index (κ1) is 15.0. The third-order valence-corrected chi connectivity index (χ3v) is 2.29. The van der Waals surface area contributed by atoms with Gasteiger partial charge < -0.3 is 15.2 Å². The number of hydrogen-bond acceptors (Lipinski definition) is 4. The van der Waals surface area contributed by atoms with Crippen LogP contribution < -0.4 is 5.32 Å². The van der Waals surface area contributed by atoms with Crippen LogP contribution >= 0.6 is 15.9 Å². The molecule has 0 radical (unpaired) electrons. The van der Waals surface area contributed by atoms with Crippen LogP contribution in [0.15, 0.2) is 16.9 Å². The lowest BCUT2D eigenvalue weighted by Crippen LogP contribution is -2.42. The first-order chi connectivity index (χ1) is 8.26. The molecule has 0 fully saturated rings. The summed E-state index contributed by atoms with van der Waals surface area (Å²) in [5.74, 6) is 0. The summed E-state index contributed by atoms with van der Waals surface area (Å²) in [5, 5.41) is 16.3. The Morgan fingerprint density at radius 2 is 2.33 bits per heavy atom. The number of rotatable bonds is 4. The van der Waals surface area contributed by atoms with E-state index in [0.29, 0.717) is 0 Å². The number of carbonyl (C=O) groups is 1. The number of amides is 1. The first-order valence-corrected chi connectivity index (χ1v) is 6.36. The van der Waals surface area contributed by atoms with Crippen LogP contribution in [-0.2, 0) is 11.3 Å². The molecule has 1 amide bonds. The summed E-state index contributed by atoms with van der Waals surface area (Å²) < 4.78 is 7.31. The lowest BCUT2D eigenvalue weighted by atomic mass is 10.1. The van der Waals surface area contributed by atoms with Crippen molar-refractivity contribution in [2.24, 2.45) is 0 Å². The number of aliphatic hydroxyl groups excluding tert-OH is 1. The highest BCUT2D eigenvalue weighted by atomic mass is 79.9. The topological polar surface area (TPSA) is 76.4 Å². The van der Waals surface area contributed by atoms with Gasteiger partial charge in [0.2, 0.25) is 0 Å². The van der Waals surface area contributed by atoms with E-state index in [0.717, 1.165) is 4.47 Å². The fourth-order valence-corrected chi connectivity index (χ4v) is 1.55. The van der Waals surface area contributed by atoms with E-state index in [-0.39, 0.29) is 18.7 Å². The molecule has 7 heteroatoms. The number of nitrogens with one attached hydrogen (secondary N) is 1. The number of nitrogens with zero attached hydrogens (tertiary/aromatic N) is 2. The Morgan fingerprint density at radius 3 is 2.83 bits per heavy atom. The number of alkyl carbamates (subject to hydrolysis) is 1. The molecule has 1 rings (SSSR count). The van der Waals surface area contributed by atoms with E-state index in [1.54, 1.807) is 17.1 Å². The monoisotopic (exact) mass is 319 g/mol. The Bertz CT molecular complexity index is 400. The third-order valence-electron chi connectivity index (χ3n) is 1.88. The van der Waals surface area contributed by atoms with Crippen LogP contribution in [0.4, 0.5) is 4.79 Å². The molecule has 0 saturated carbocycles. The Balaban J connectivity index is 2.29. The molecular formula is C11H18BrN3O3. The molecule has 0 saturated heterocycles. The number of carbonyl (C=O) groups excluding carboxylic acids is 1. The van der Waals surface area contributed by atoms with Gasteiger partial charge in [0.1, 0.15) is 12.7 Å². The highest BCUT2D eigenvalue weighted by molar-refractivity contribution is 9.10. The molecule has 0 aromatic carbocycles. The van der Waals surface area contributed by atoms with Crippen LogP contribution in [0.25, 0.3) is 0 Å². The zero-order valence-electron chi connectivity index (χ0n) is 10.7. The molecule has 0 aliphatic carbocycles. The second-order valence-electron chi connectivity index (χ2n) is 5.01. The van der Waals surface area contributed by atoms with Gasteiger partial charge in [-0.15, -0.1) is 0 Å². The average molecular weight is 320 g/mol. The number of ether oxygens (including phenoxy) is 1. The lowest BCUT2D eigenvalue weighted by Gasteiger charge is -2.20. The van der Waals surface area contributed by atoms with Crippen LogP contribution in [0.5, 0.6) is 0 Å². The van der Waals surface area contributed by atoms with Crippen molar-refractivity contribution in [3.63, 3.8) is 0 Å². The van der Waals surface area contributed by atoms with Crippen LogP contribution in [0.1, 0.15) is 20.8 Å². The second kappa shape index (κ2) is 6.19. The van der Waals surface area contributed by atoms with Gasteiger partial charge in [-0.05, 0) is 36.7 Å². The highest BCUT2D eigenvalue weighted by Gasteiger charge is 2.16. The highest BCUT2D eigenvalue weighted by Crippen LogP contribution is 2.06. The minimum absolute atomic E-state index is 0.0700. The summed E-state index contributed by atoms with van der Waals surface area (Å²) in [6.45, 7) is 5.76. The predicted octanol–water partition coefficient (Wildman–Crippen LogP) is 1.53. The van der Waals surface area contributed by atoms with E-state index in [1.807, 2.05) is 20.8 Å². The molecular weight excluding hydrogens is 302 g/mol. The number of aliphatic hydroxyl groups is 1. The van der Waals surface area contributed by atoms with Crippen LogP contribution in [-0.4, -0.2) is 39.2 Å². The van der Waals surface area contributed by atoms with E-state index < -0.39 is 12.2 Å². The SMILES string of the molecule is CC(C)(C)NC(=O)OC[C@@H](O)Cn1cc(Br)cn1. The third kappa shape index (κ3) is 6.02. The fourth-order valence-electron chi connectivity index (χ4n) is 1.22. The molecule has 1 aromatic rings. The van der Waals surface area contributed by atoms with E-state index in [4.69, 9.17) is 4.74 Å². The summed E-state index contributed by atoms with van der Waals surface area (Å²) in [5.41, 5.74) is -0.352. The minimum Gasteiger partial charge on any atom is -0.447 e. The lowest BCUT2D eigenvalue weighted by molar-refractivity contribution is 0.0538. The largest absolute Gasteiger partial charge is 0.447 e. The molecule has 18 heavy (non-hydrogen) atoms. The number of aromatic nitrogens is 2. The maximum atomic E-state index is 11.3. The standard InChI is InChI=1S/C11H18BrN3O3/c1-11(2,3)14-10(17)18-7-9(16)6-15-5-8(12)4-13-15/h4-5,9,16H,6-7H2,1-3H3,(H,14,17)/t9-/m0/s1. The summed E-state index contributed by atoms with van der Waals surface area (Å²) in [4.78, 5) is 11.3. The molecule has 1 aromatic heterocycles. The number of hydrogen-bond donors (Lipinski definition) is 2. The van der Waals surface area contributed by atoms with Crippen molar-refractivity contribution in [2.45, 2.75) is 39.0 Å². The van der Waals surface area contributed by atoms with Crippen molar-refractivity contribution in [3.8, 4) is 0 Å². The van der Waals surface area contributed by atoms with E-state index >= 15 is 0 Å². The second-order valence-corrected chi connectivity index (χ2v) is 5.92. The molecule has 1 heterocycles. The van der Waals surface area contributed by atoms with Gasteiger partial charge in [-0.3, -0.25) is 4.68 Å². The zero-order chi connectivity index (χ0) is 13.8. The Hall–Kier alpha value is -1.08. The minimum atomic E-state index is -0.789. The quantitative estimate of drug-likeness (QED) is 0.882. The summed E-state index contributed by atoms with van der Waals surface area (Å²) in [6.07, 6.45) is 2.03. The molecule has 0 spiro atoms. The summed E-state index contributed by atoms with van der Waals surface area (Å²) in [7, 11) is 0. The maximum Gasteiger partial charge on any atom is 0.407 e. The predicted molar refractivity (Wildman–Crippen MR) is 70.2 cm³/mol. The van der Waals surface area contributed by atoms with Gasteiger partial charge in [-0.2, -0.15) is 5.10 Å². The van der Waals surface area contributed by atoms with Gasteiger partial charge in [-0.1, -0.05) is 0 Å². The molecule has 6 nitrogen and oxygen atoms in total. The Morgan fingerprint density at radius 1 is 1.67 bits per heavy atom. The fraction of sp³-hybridized carbons (Fsp3) is 0.636. The van der Waals surface area contributed by atoms with Crippen molar-refractivity contribution in [3.05, 3.63) is 16.9 Å². The maximum absolute atomic E-state index is 11.3. The van der Waals surface area contributed by atoms with Crippen molar-refractivity contribution in [1.82, 2.24) is 15.1 Å². The molecule has 0 aliphatic rings. The van der Waals surface area contributed by atoms with Crippen molar-refractivity contribution in [2.75, 3.05) is 6.61 Å². The zero-order valence-corrected chi connectivity index (χ0v) is 12.3. The smallest absolute Gasteiger partial charge is 0.407 e. The van der Waals surface area contributed by atoms with E-state index in [2.05, 4.69) is 26.3 Å². The summed E-state index contributed by atoms with van der Waals surface area (Å²) >= 11 is 3.26. The molecule has 0 bridgehead atoms.